The van der Waals surface area contributed by atoms with E-state index in [1.54, 1.807) is 18.2 Å². The number of nitrogens with zero attached hydrogens (tertiary/aromatic N) is 2. The molecule has 0 saturated carbocycles. The van der Waals surface area contributed by atoms with Gasteiger partial charge in [-0.15, -0.1) is 0 Å². The molecule has 0 fully saturated rings. The van der Waals surface area contributed by atoms with Crippen LogP contribution >= 0.6 is 23.2 Å². The first-order valence-electron chi connectivity index (χ1n) is 12.8. The van der Waals surface area contributed by atoms with Crippen molar-refractivity contribution in [1.82, 2.24) is 10.2 Å². The number of benzene rings is 3. The lowest BCUT2D eigenvalue weighted by Gasteiger charge is -2.34. The van der Waals surface area contributed by atoms with Crippen molar-refractivity contribution in [3.8, 4) is 0 Å². The molecule has 2 amide bonds. The van der Waals surface area contributed by atoms with Gasteiger partial charge in [0.15, 0.2) is 0 Å². The van der Waals surface area contributed by atoms with Crippen LogP contribution in [0.25, 0.3) is 0 Å². The summed E-state index contributed by atoms with van der Waals surface area (Å²) in [6.45, 7) is 1.65. The minimum atomic E-state index is -3.96. The third-order valence-electron chi connectivity index (χ3n) is 6.28. The number of unbranched alkanes of at least 4 members (excludes halogenated alkanes) is 1. The van der Waals surface area contributed by atoms with E-state index >= 15 is 0 Å². The van der Waals surface area contributed by atoms with Crippen molar-refractivity contribution in [2.45, 2.75) is 38.8 Å². The summed E-state index contributed by atoms with van der Waals surface area (Å²) in [4.78, 5) is 28.9. The maximum absolute atomic E-state index is 14.0. The predicted molar refractivity (Wildman–Crippen MR) is 157 cm³/mol. The summed E-state index contributed by atoms with van der Waals surface area (Å²) in [5, 5.41) is 3.50. The van der Waals surface area contributed by atoms with Crippen LogP contribution in [0.1, 0.15) is 30.9 Å². The third kappa shape index (κ3) is 8.68. The van der Waals surface area contributed by atoms with E-state index in [-0.39, 0.29) is 24.6 Å². The van der Waals surface area contributed by atoms with E-state index in [1.807, 2.05) is 37.3 Å². The van der Waals surface area contributed by atoms with Gasteiger partial charge in [-0.25, -0.2) is 12.8 Å². The molecule has 7 nitrogen and oxygen atoms in total. The van der Waals surface area contributed by atoms with E-state index in [0.717, 1.165) is 41.1 Å². The van der Waals surface area contributed by atoms with Gasteiger partial charge in [-0.3, -0.25) is 13.9 Å². The Hall–Kier alpha value is -3.14. The molecule has 1 atom stereocenters. The second-order valence-corrected chi connectivity index (χ2v) is 12.0. The monoisotopic (exact) mass is 607 g/mol. The molecule has 3 rings (SSSR count). The number of nitrogens with one attached hydrogen (secondary N) is 1. The quantitative estimate of drug-likeness (QED) is 0.262. The highest BCUT2D eigenvalue weighted by Gasteiger charge is 2.33. The summed E-state index contributed by atoms with van der Waals surface area (Å²) in [5.74, 6) is -1.59. The Morgan fingerprint density at radius 1 is 0.950 bits per heavy atom. The average molecular weight is 609 g/mol. The first kappa shape index (κ1) is 31.4. The average Bonchev–Trinajstić information content (AvgIpc) is 2.91. The molecule has 0 aromatic heterocycles. The molecule has 0 bridgehead atoms. The van der Waals surface area contributed by atoms with Crippen LogP contribution in [0.2, 0.25) is 10.0 Å². The van der Waals surface area contributed by atoms with E-state index in [2.05, 4.69) is 5.32 Å². The predicted octanol–water partition coefficient (Wildman–Crippen LogP) is 5.45. The number of amides is 2. The molecule has 0 unspecified atom stereocenters. The number of hydrogen-bond donors (Lipinski definition) is 1. The van der Waals surface area contributed by atoms with Crippen LogP contribution in [-0.4, -0.2) is 50.5 Å². The summed E-state index contributed by atoms with van der Waals surface area (Å²) in [6, 6.07) is 17.9. The maximum atomic E-state index is 14.0. The molecular weight excluding hydrogens is 576 g/mol. The van der Waals surface area contributed by atoms with Crippen molar-refractivity contribution in [1.29, 1.82) is 0 Å². The fourth-order valence-electron chi connectivity index (χ4n) is 4.13. The highest BCUT2D eigenvalue weighted by Crippen LogP contribution is 2.28. The van der Waals surface area contributed by atoms with Crippen molar-refractivity contribution < 1.29 is 22.4 Å². The van der Waals surface area contributed by atoms with Gasteiger partial charge in [-0.05, 0) is 48.4 Å². The number of sulfonamides is 1. The zero-order chi connectivity index (χ0) is 29.3. The Bertz CT molecular complexity index is 1390. The third-order valence-corrected chi connectivity index (χ3v) is 8.13. The van der Waals surface area contributed by atoms with Gasteiger partial charge < -0.3 is 10.2 Å². The summed E-state index contributed by atoms with van der Waals surface area (Å²) >= 11 is 12.9. The van der Waals surface area contributed by atoms with Gasteiger partial charge in [0.25, 0.3) is 0 Å². The zero-order valence-corrected chi connectivity index (χ0v) is 24.6. The van der Waals surface area contributed by atoms with Crippen molar-refractivity contribution >= 4 is 50.7 Å². The van der Waals surface area contributed by atoms with Gasteiger partial charge in [-0.2, -0.15) is 0 Å². The Morgan fingerprint density at radius 3 is 2.15 bits per heavy atom. The topological polar surface area (TPSA) is 86.8 Å². The lowest BCUT2D eigenvalue weighted by Crippen LogP contribution is -2.53. The van der Waals surface area contributed by atoms with Crippen LogP contribution in [0.5, 0.6) is 0 Å². The molecule has 0 radical (unpaired) electrons. The molecule has 11 heteroatoms. The standard InChI is InChI=1S/C29H32Cl2FN3O4S/c1-3-4-17-33-29(37)27(18-21-9-6-5-7-10-21)34(19-24-25(30)11-8-12-26(24)31)28(36)20-35(40(2,38)39)23-15-13-22(32)14-16-23/h5-16,27H,3-4,17-20H2,1-2H3,(H,33,37)/t27-/m1/s1. The van der Waals surface area contributed by atoms with E-state index in [1.165, 1.54) is 17.0 Å². The van der Waals surface area contributed by atoms with Crippen LogP contribution in [0, 0.1) is 5.82 Å². The summed E-state index contributed by atoms with van der Waals surface area (Å²) < 4.78 is 40.0. The Kier molecular flexibility index (Phi) is 11.4. The van der Waals surface area contributed by atoms with Crippen LogP contribution in [0.3, 0.4) is 0 Å². The second-order valence-electron chi connectivity index (χ2n) is 9.32. The number of carbonyl (C=O) groups excluding carboxylic acids is 2. The summed E-state index contributed by atoms with van der Waals surface area (Å²) in [6.07, 6.45) is 2.74. The minimum Gasteiger partial charge on any atom is -0.354 e. The number of carbonyl (C=O) groups is 2. The Morgan fingerprint density at radius 2 is 1.57 bits per heavy atom. The summed E-state index contributed by atoms with van der Waals surface area (Å²) in [7, 11) is -3.96. The Labute approximate surface area is 244 Å². The normalized spacial score (nSPS) is 12.0. The molecule has 0 aliphatic heterocycles. The SMILES string of the molecule is CCCCNC(=O)[C@@H](Cc1ccccc1)N(Cc1c(Cl)cccc1Cl)C(=O)CN(c1ccc(F)cc1)S(C)(=O)=O. The van der Waals surface area contributed by atoms with Crippen LogP contribution < -0.4 is 9.62 Å². The van der Waals surface area contributed by atoms with Crippen molar-refractivity contribution in [2.75, 3.05) is 23.7 Å². The smallest absolute Gasteiger partial charge is 0.244 e. The largest absolute Gasteiger partial charge is 0.354 e. The zero-order valence-electron chi connectivity index (χ0n) is 22.3. The van der Waals surface area contributed by atoms with E-state index in [9.17, 15) is 22.4 Å². The molecule has 0 aliphatic rings. The van der Waals surface area contributed by atoms with Crippen LogP contribution in [0.15, 0.2) is 72.8 Å². The van der Waals surface area contributed by atoms with Crippen LogP contribution in [-0.2, 0) is 32.6 Å². The molecule has 214 valence electrons. The highest BCUT2D eigenvalue weighted by molar-refractivity contribution is 7.92. The maximum Gasteiger partial charge on any atom is 0.244 e. The molecular formula is C29H32Cl2FN3O4S. The van der Waals surface area contributed by atoms with E-state index in [4.69, 9.17) is 23.2 Å². The molecule has 0 spiro atoms. The van der Waals surface area contributed by atoms with Crippen molar-refractivity contribution in [2.24, 2.45) is 0 Å². The number of anilines is 1. The fraction of sp³-hybridized carbons (Fsp3) is 0.310. The van der Waals surface area contributed by atoms with Gasteiger partial charge in [-0.1, -0.05) is 72.9 Å². The minimum absolute atomic E-state index is 0.111. The first-order valence-corrected chi connectivity index (χ1v) is 15.4. The van der Waals surface area contributed by atoms with Crippen molar-refractivity contribution in [3.05, 3.63) is 99.8 Å². The molecule has 0 aliphatic carbocycles. The Balaban J connectivity index is 2.07. The second kappa shape index (κ2) is 14.5. The lowest BCUT2D eigenvalue weighted by atomic mass is 10.0. The number of hydrogen-bond acceptors (Lipinski definition) is 4. The summed E-state index contributed by atoms with van der Waals surface area (Å²) in [5.41, 5.74) is 1.34. The first-order chi connectivity index (χ1) is 19.0. The van der Waals surface area contributed by atoms with Gasteiger partial charge in [0.05, 0.1) is 11.9 Å². The highest BCUT2D eigenvalue weighted by atomic mass is 35.5. The van der Waals surface area contributed by atoms with Gasteiger partial charge in [0.1, 0.15) is 18.4 Å². The molecule has 3 aromatic rings. The molecule has 0 saturated heterocycles. The number of rotatable bonds is 13. The van der Waals surface area contributed by atoms with Crippen LogP contribution in [0.4, 0.5) is 10.1 Å². The van der Waals surface area contributed by atoms with E-state index in [0.29, 0.717) is 22.2 Å². The van der Waals surface area contributed by atoms with E-state index < -0.39 is 34.3 Å². The molecule has 1 N–H and O–H groups in total. The molecule has 0 heterocycles. The molecule has 40 heavy (non-hydrogen) atoms. The number of halogens is 3. The van der Waals surface area contributed by atoms with Crippen molar-refractivity contribution in [3.63, 3.8) is 0 Å². The fourth-order valence-corrected chi connectivity index (χ4v) is 5.50. The van der Waals surface area contributed by atoms with Gasteiger partial charge in [0, 0.05) is 35.1 Å². The van der Waals surface area contributed by atoms with Gasteiger partial charge in [0.2, 0.25) is 21.8 Å². The molecule has 3 aromatic carbocycles. The van der Waals surface area contributed by atoms with Gasteiger partial charge >= 0.3 is 0 Å². The lowest BCUT2D eigenvalue weighted by molar-refractivity contribution is -0.140.